The van der Waals surface area contributed by atoms with Crippen LogP contribution in [0.1, 0.15) is 19.5 Å². The Morgan fingerprint density at radius 2 is 2.22 bits per heavy atom. The molecule has 5 nitrogen and oxygen atoms in total. The van der Waals surface area contributed by atoms with Gasteiger partial charge in [0.1, 0.15) is 6.04 Å². The maximum atomic E-state index is 10.8. The van der Waals surface area contributed by atoms with E-state index in [1.807, 2.05) is 35.9 Å². The minimum Gasteiger partial charge on any atom is -0.480 e. The smallest absolute Gasteiger partial charge is 0.320 e. The second kappa shape index (κ2) is 5.18. The van der Waals surface area contributed by atoms with Crippen molar-refractivity contribution >= 4 is 16.9 Å². The normalized spacial score (nSPS) is 12.8. The predicted molar refractivity (Wildman–Crippen MR) is 69.3 cm³/mol. The number of para-hydroxylation sites is 1. The number of aryl methyl sites for hydroxylation is 1. The average molecular weight is 247 g/mol. The van der Waals surface area contributed by atoms with E-state index in [4.69, 9.17) is 5.11 Å². The van der Waals surface area contributed by atoms with Crippen molar-refractivity contribution in [2.45, 2.75) is 33.0 Å². The molecule has 0 saturated heterocycles. The minimum absolute atomic E-state index is 0.459. The molecule has 0 saturated carbocycles. The molecule has 0 unspecified atom stereocenters. The van der Waals surface area contributed by atoms with Crippen LogP contribution in [0.2, 0.25) is 0 Å². The van der Waals surface area contributed by atoms with E-state index < -0.39 is 12.0 Å². The third kappa shape index (κ3) is 2.36. The zero-order valence-electron chi connectivity index (χ0n) is 10.6. The fraction of sp³-hybridized carbons (Fsp3) is 0.385. The summed E-state index contributed by atoms with van der Waals surface area (Å²) in [6.45, 7) is 4.92. The molecule has 5 heteroatoms. The van der Waals surface area contributed by atoms with Gasteiger partial charge in [-0.25, -0.2) is 0 Å². The van der Waals surface area contributed by atoms with Crippen molar-refractivity contribution in [2.24, 2.45) is 0 Å². The Morgan fingerprint density at radius 1 is 1.50 bits per heavy atom. The van der Waals surface area contributed by atoms with E-state index in [0.717, 1.165) is 23.1 Å². The van der Waals surface area contributed by atoms with E-state index >= 15 is 0 Å². The molecule has 1 atom stereocenters. The summed E-state index contributed by atoms with van der Waals surface area (Å²) in [5, 5.41) is 17.4. The molecular weight excluding hydrogens is 230 g/mol. The summed E-state index contributed by atoms with van der Waals surface area (Å²) in [5.41, 5.74) is 1.97. The highest BCUT2D eigenvalue weighted by atomic mass is 16.4. The van der Waals surface area contributed by atoms with Gasteiger partial charge in [0.25, 0.3) is 0 Å². The number of carboxylic acids is 1. The van der Waals surface area contributed by atoms with E-state index in [0.29, 0.717) is 6.54 Å². The topological polar surface area (TPSA) is 67.2 Å². The van der Waals surface area contributed by atoms with E-state index in [2.05, 4.69) is 10.4 Å². The molecule has 0 aliphatic heterocycles. The van der Waals surface area contributed by atoms with Crippen LogP contribution in [0, 0.1) is 0 Å². The summed E-state index contributed by atoms with van der Waals surface area (Å²) in [4.78, 5) is 10.8. The molecule has 0 spiro atoms. The van der Waals surface area contributed by atoms with Crippen molar-refractivity contribution in [1.29, 1.82) is 0 Å². The number of rotatable bonds is 5. The van der Waals surface area contributed by atoms with Crippen LogP contribution in [0.15, 0.2) is 24.3 Å². The zero-order chi connectivity index (χ0) is 13.1. The van der Waals surface area contributed by atoms with Crippen molar-refractivity contribution in [3.05, 3.63) is 30.0 Å². The van der Waals surface area contributed by atoms with Gasteiger partial charge in [-0.15, -0.1) is 0 Å². The van der Waals surface area contributed by atoms with Gasteiger partial charge < -0.3 is 5.11 Å². The first kappa shape index (κ1) is 12.6. The summed E-state index contributed by atoms with van der Waals surface area (Å²) < 4.78 is 1.93. The number of carbonyl (C=O) groups is 1. The maximum Gasteiger partial charge on any atom is 0.320 e. The van der Waals surface area contributed by atoms with Crippen molar-refractivity contribution in [3.63, 3.8) is 0 Å². The summed E-state index contributed by atoms with van der Waals surface area (Å²) in [6.07, 6.45) is 0. The highest BCUT2D eigenvalue weighted by Crippen LogP contribution is 2.18. The van der Waals surface area contributed by atoms with Gasteiger partial charge in [0.05, 0.1) is 11.2 Å². The Balaban J connectivity index is 2.25. The van der Waals surface area contributed by atoms with Gasteiger partial charge in [0.2, 0.25) is 0 Å². The third-order valence-electron chi connectivity index (χ3n) is 2.98. The van der Waals surface area contributed by atoms with Gasteiger partial charge in [-0.3, -0.25) is 14.8 Å². The monoisotopic (exact) mass is 247 g/mol. The van der Waals surface area contributed by atoms with Gasteiger partial charge in [-0.1, -0.05) is 18.2 Å². The Hall–Kier alpha value is -1.88. The lowest BCUT2D eigenvalue weighted by Crippen LogP contribution is -2.33. The number of carboxylic acid groups (broad SMARTS) is 1. The minimum atomic E-state index is -0.853. The summed E-state index contributed by atoms with van der Waals surface area (Å²) in [7, 11) is 0. The molecule has 0 fully saturated rings. The van der Waals surface area contributed by atoms with Gasteiger partial charge in [-0.2, -0.15) is 5.10 Å². The van der Waals surface area contributed by atoms with Crippen LogP contribution in [0.4, 0.5) is 0 Å². The Bertz CT molecular complexity index is 562. The highest BCUT2D eigenvalue weighted by Gasteiger charge is 2.13. The molecule has 2 aromatic rings. The first-order valence-corrected chi connectivity index (χ1v) is 6.04. The Kier molecular flexibility index (Phi) is 3.62. The first-order chi connectivity index (χ1) is 8.63. The largest absolute Gasteiger partial charge is 0.480 e. The molecule has 2 N–H and O–H groups in total. The SMILES string of the molecule is CCn1nc(CN[C@H](C)C(=O)O)c2ccccc21. The molecule has 0 amide bonds. The molecule has 1 heterocycles. The van der Waals surface area contributed by atoms with Crippen LogP contribution in [0.3, 0.4) is 0 Å². The number of nitrogens with zero attached hydrogens (tertiary/aromatic N) is 2. The van der Waals surface area contributed by atoms with Crippen LogP contribution in [0.5, 0.6) is 0 Å². The summed E-state index contributed by atoms with van der Waals surface area (Å²) in [5.74, 6) is -0.853. The number of hydrogen-bond acceptors (Lipinski definition) is 3. The predicted octanol–water partition coefficient (Wildman–Crippen LogP) is 1.62. The van der Waals surface area contributed by atoms with Crippen molar-refractivity contribution in [1.82, 2.24) is 15.1 Å². The van der Waals surface area contributed by atoms with E-state index in [1.165, 1.54) is 0 Å². The standard InChI is InChI=1S/C13H17N3O2/c1-3-16-12-7-5-4-6-10(12)11(15-16)8-14-9(2)13(17)18/h4-7,9,14H,3,8H2,1-2H3,(H,17,18)/t9-/m1/s1. The Morgan fingerprint density at radius 3 is 2.89 bits per heavy atom. The third-order valence-corrected chi connectivity index (χ3v) is 2.98. The molecule has 0 aliphatic rings. The maximum absolute atomic E-state index is 10.8. The van der Waals surface area contributed by atoms with Crippen LogP contribution in [-0.4, -0.2) is 26.9 Å². The molecule has 0 radical (unpaired) electrons. The lowest BCUT2D eigenvalue weighted by atomic mass is 10.2. The number of fused-ring (bicyclic) bond motifs is 1. The summed E-state index contributed by atoms with van der Waals surface area (Å²) >= 11 is 0. The van der Waals surface area contributed by atoms with Crippen molar-refractivity contribution < 1.29 is 9.90 Å². The number of benzene rings is 1. The zero-order valence-corrected chi connectivity index (χ0v) is 10.6. The molecule has 96 valence electrons. The van der Waals surface area contributed by atoms with Crippen LogP contribution in [-0.2, 0) is 17.9 Å². The second-order valence-electron chi connectivity index (χ2n) is 4.22. The fourth-order valence-corrected chi connectivity index (χ4v) is 1.90. The first-order valence-electron chi connectivity index (χ1n) is 6.04. The molecule has 0 bridgehead atoms. The quantitative estimate of drug-likeness (QED) is 0.842. The van der Waals surface area contributed by atoms with Gasteiger partial charge in [0, 0.05) is 18.5 Å². The van der Waals surface area contributed by atoms with Gasteiger partial charge in [0.15, 0.2) is 0 Å². The van der Waals surface area contributed by atoms with E-state index in [1.54, 1.807) is 6.92 Å². The molecule has 0 aliphatic carbocycles. The van der Waals surface area contributed by atoms with Crippen molar-refractivity contribution in [2.75, 3.05) is 0 Å². The molecule has 18 heavy (non-hydrogen) atoms. The molecule has 1 aromatic heterocycles. The summed E-state index contributed by atoms with van der Waals surface area (Å²) in [6, 6.07) is 7.41. The highest BCUT2D eigenvalue weighted by molar-refractivity contribution is 5.82. The van der Waals surface area contributed by atoms with Crippen LogP contribution >= 0.6 is 0 Å². The Labute approximate surface area is 105 Å². The van der Waals surface area contributed by atoms with Crippen LogP contribution in [0.25, 0.3) is 10.9 Å². The lowest BCUT2D eigenvalue weighted by Gasteiger charge is -2.07. The number of aliphatic carboxylic acids is 1. The average Bonchev–Trinajstić information content (AvgIpc) is 2.74. The van der Waals surface area contributed by atoms with E-state index in [-0.39, 0.29) is 0 Å². The second-order valence-corrected chi connectivity index (χ2v) is 4.22. The van der Waals surface area contributed by atoms with Crippen LogP contribution < -0.4 is 5.32 Å². The molecule has 2 rings (SSSR count). The fourth-order valence-electron chi connectivity index (χ4n) is 1.90. The molecule has 1 aromatic carbocycles. The number of aromatic nitrogens is 2. The van der Waals surface area contributed by atoms with E-state index in [9.17, 15) is 4.79 Å². The van der Waals surface area contributed by atoms with Gasteiger partial charge >= 0.3 is 5.97 Å². The number of nitrogens with one attached hydrogen (secondary N) is 1. The van der Waals surface area contributed by atoms with Crippen molar-refractivity contribution in [3.8, 4) is 0 Å². The molecular formula is C13H17N3O2. The number of hydrogen-bond donors (Lipinski definition) is 2. The lowest BCUT2D eigenvalue weighted by molar-refractivity contribution is -0.139. The van der Waals surface area contributed by atoms with Gasteiger partial charge in [-0.05, 0) is 19.9 Å².